The summed E-state index contributed by atoms with van der Waals surface area (Å²) in [6, 6.07) is 15.6. The number of furan rings is 1. The van der Waals surface area contributed by atoms with Gasteiger partial charge in [-0.05, 0) is 60.2 Å². The van der Waals surface area contributed by atoms with Crippen LogP contribution < -0.4 is 4.74 Å². The summed E-state index contributed by atoms with van der Waals surface area (Å²) < 4.78 is 11.2. The van der Waals surface area contributed by atoms with E-state index in [-0.39, 0.29) is 11.3 Å². The van der Waals surface area contributed by atoms with E-state index in [1.807, 2.05) is 36.6 Å². The third-order valence-corrected chi connectivity index (χ3v) is 7.53. The van der Waals surface area contributed by atoms with Crippen LogP contribution in [0.5, 0.6) is 5.75 Å². The Bertz CT molecular complexity index is 1470. The van der Waals surface area contributed by atoms with Crippen LogP contribution in [0.1, 0.15) is 32.6 Å². The molecular formula is C27H22ClNO5S. The van der Waals surface area contributed by atoms with E-state index in [2.05, 4.69) is 0 Å². The zero-order valence-electron chi connectivity index (χ0n) is 19.1. The van der Waals surface area contributed by atoms with Gasteiger partial charge in [-0.2, -0.15) is 0 Å². The highest BCUT2D eigenvalue weighted by Crippen LogP contribution is 2.43. The first-order chi connectivity index (χ1) is 16.9. The van der Waals surface area contributed by atoms with Crippen molar-refractivity contribution in [2.24, 2.45) is 0 Å². The normalized spacial score (nSPS) is 15.9. The lowest BCUT2D eigenvalue weighted by atomic mass is 9.98. The number of ether oxygens (including phenoxy) is 1. The number of carbonyl (C=O) groups is 2. The molecule has 6 nitrogen and oxygen atoms in total. The molecule has 4 aromatic rings. The van der Waals surface area contributed by atoms with Gasteiger partial charge >= 0.3 is 0 Å². The van der Waals surface area contributed by atoms with E-state index in [0.29, 0.717) is 34.7 Å². The van der Waals surface area contributed by atoms with Crippen LogP contribution in [0.15, 0.2) is 75.7 Å². The number of aliphatic hydroxyl groups is 1. The maximum absolute atomic E-state index is 13.7. The van der Waals surface area contributed by atoms with Crippen LogP contribution >= 0.6 is 22.9 Å². The number of benzene rings is 2. The lowest BCUT2D eigenvalue weighted by Crippen LogP contribution is -2.33. The second-order valence-corrected chi connectivity index (χ2v) is 9.71. The molecule has 0 radical (unpaired) electrons. The minimum atomic E-state index is -0.711. The zero-order valence-corrected chi connectivity index (χ0v) is 20.7. The Balaban J connectivity index is 1.53. The van der Waals surface area contributed by atoms with Crippen LogP contribution in [0.4, 0.5) is 0 Å². The molecule has 0 saturated carbocycles. The molecule has 0 aliphatic carbocycles. The number of fused-ring (bicyclic) bond motifs is 1. The largest absolute Gasteiger partial charge is 0.503 e. The monoisotopic (exact) mass is 507 g/mol. The third-order valence-electron chi connectivity index (χ3n) is 6.20. The number of hydrogen-bond donors (Lipinski definition) is 1. The molecule has 1 amide bonds. The number of carbonyl (C=O) groups excluding carboxylic acids is 2. The predicted octanol–water partition coefficient (Wildman–Crippen LogP) is 6.29. The topological polar surface area (TPSA) is 80.0 Å². The first-order valence-electron chi connectivity index (χ1n) is 11.0. The average molecular weight is 508 g/mol. The molecule has 1 aliphatic rings. The number of methoxy groups -OCH3 is 1. The minimum Gasteiger partial charge on any atom is -0.503 e. The number of Topliss-reactive ketones (excluding diaryl/α,β-unsaturated/α-hetero) is 1. The standard InChI is InChI=1S/C27H22ClNO5S/c1-15-11-13-35-26(15)22-21(23(30)20-14-17-4-3-5-19(33-2)25(17)34-20)24(31)27(32)29(22)12-10-16-6-8-18(28)9-7-16/h3-9,11,13-14,22,31H,10,12H2,1-2H3. The summed E-state index contributed by atoms with van der Waals surface area (Å²) in [6.07, 6.45) is 0.542. The molecule has 0 bridgehead atoms. The van der Waals surface area contributed by atoms with Crippen LogP contribution in [0.2, 0.25) is 5.02 Å². The highest BCUT2D eigenvalue weighted by molar-refractivity contribution is 7.10. The van der Waals surface area contributed by atoms with Gasteiger partial charge in [-0.3, -0.25) is 9.59 Å². The van der Waals surface area contributed by atoms with Gasteiger partial charge in [0.25, 0.3) is 5.91 Å². The fraction of sp³-hybridized carbons (Fsp3) is 0.185. The fourth-order valence-electron chi connectivity index (χ4n) is 4.40. The number of hydrogen-bond acceptors (Lipinski definition) is 6. The van der Waals surface area contributed by atoms with E-state index in [1.165, 1.54) is 18.4 Å². The Morgan fingerprint density at radius 2 is 1.97 bits per heavy atom. The van der Waals surface area contributed by atoms with Gasteiger partial charge in [0.2, 0.25) is 5.78 Å². The molecule has 1 unspecified atom stereocenters. The third kappa shape index (κ3) is 4.11. The van der Waals surface area contributed by atoms with Crippen molar-refractivity contribution < 1.29 is 23.8 Å². The van der Waals surface area contributed by atoms with Crippen LogP contribution in [-0.2, 0) is 11.2 Å². The molecule has 1 atom stereocenters. The maximum Gasteiger partial charge on any atom is 0.290 e. The summed E-state index contributed by atoms with van der Waals surface area (Å²) in [5.74, 6) is -1.11. The van der Waals surface area contributed by atoms with Gasteiger partial charge in [0.15, 0.2) is 22.9 Å². The highest BCUT2D eigenvalue weighted by Gasteiger charge is 2.45. The Hall–Kier alpha value is -3.55. The van der Waals surface area contributed by atoms with Crippen molar-refractivity contribution in [2.45, 2.75) is 19.4 Å². The molecule has 178 valence electrons. The molecule has 8 heteroatoms. The number of nitrogens with zero attached hydrogens (tertiary/aromatic N) is 1. The molecule has 0 saturated heterocycles. The van der Waals surface area contributed by atoms with Gasteiger partial charge in [-0.25, -0.2) is 0 Å². The van der Waals surface area contributed by atoms with Crippen LogP contribution in [0.25, 0.3) is 11.0 Å². The zero-order chi connectivity index (χ0) is 24.7. The molecule has 2 aromatic carbocycles. The van der Waals surface area contributed by atoms with E-state index in [9.17, 15) is 14.7 Å². The molecular weight excluding hydrogens is 486 g/mol. The van der Waals surface area contributed by atoms with Gasteiger partial charge in [0, 0.05) is 21.8 Å². The quantitative estimate of drug-likeness (QED) is 0.297. The lowest BCUT2D eigenvalue weighted by Gasteiger charge is -2.26. The number of rotatable bonds is 7. The second kappa shape index (κ2) is 9.24. The van der Waals surface area contributed by atoms with Crippen LogP contribution in [0, 0.1) is 6.92 Å². The first-order valence-corrected chi connectivity index (χ1v) is 12.3. The van der Waals surface area contributed by atoms with Crippen molar-refractivity contribution in [3.8, 4) is 5.75 Å². The second-order valence-electron chi connectivity index (χ2n) is 8.33. The van der Waals surface area contributed by atoms with Crippen molar-refractivity contribution >= 4 is 45.6 Å². The number of para-hydroxylation sites is 1. The van der Waals surface area contributed by atoms with E-state index >= 15 is 0 Å². The molecule has 1 N–H and O–H groups in total. The van der Waals surface area contributed by atoms with Crippen LogP contribution in [-0.4, -0.2) is 35.4 Å². The van der Waals surface area contributed by atoms with E-state index < -0.39 is 23.5 Å². The van der Waals surface area contributed by atoms with E-state index in [0.717, 1.165) is 16.0 Å². The van der Waals surface area contributed by atoms with Gasteiger partial charge < -0.3 is 19.2 Å². The number of ketones is 1. The summed E-state index contributed by atoms with van der Waals surface area (Å²) in [4.78, 5) is 29.3. The number of aliphatic hydroxyl groups excluding tert-OH is 1. The molecule has 0 spiro atoms. The molecule has 5 rings (SSSR count). The van der Waals surface area contributed by atoms with Crippen molar-refractivity contribution in [1.29, 1.82) is 0 Å². The van der Waals surface area contributed by atoms with Gasteiger partial charge in [0.05, 0.1) is 12.7 Å². The van der Waals surface area contributed by atoms with Gasteiger partial charge in [0.1, 0.15) is 6.04 Å². The summed E-state index contributed by atoms with van der Waals surface area (Å²) in [5.41, 5.74) is 2.39. The first kappa shape index (κ1) is 23.2. The highest BCUT2D eigenvalue weighted by atomic mass is 35.5. The van der Waals surface area contributed by atoms with Crippen molar-refractivity contribution in [1.82, 2.24) is 4.90 Å². The summed E-state index contributed by atoms with van der Waals surface area (Å²) in [5, 5.41) is 14.2. The number of halogens is 1. The van der Waals surface area contributed by atoms with Gasteiger partial charge in [-0.1, -0.05) is 35.9 Å². The summed E-state index contributed by atoms with van der Waals surface area (Å²) in [7, 11) is 1.52. The summed E-state index contributed by atoms with van der Waals surface area (Å²) in [6.45, 7) is 2.24. The Morgan fingerprint density at radius 3 is 2.66 bits per heavy atom. The number of thiophene rings is 1. The molecule has 2 aromatic heterocycles. The van der Waals surface area contributed by atoms with E-state index in [1.54, 1.807) is 35.2 Å². The van der Waals surface area contributed by atoms with Crippen molar-refractivity contribution in [3.63, 3.8) is 0 Å². The van der Waals surface area contributed by atoms with Crippen molar-refractivity contribution in [2.75, 3.05) is 13.7 Å². The number of amides is 1. The molecule has 1 aliphatic heterocycles. The van der Waals surface area contributed by atoms with Crippen LogP contribution in [0.3, 0.4) is 0 Å². The fourth-order valence-corrected chi connectivity index (χ4v) is 5.57. The van der Waals surface area contributed by atoms with Crippen molar-refractivity contribution in [3.05, 3.63) is 98.1 Å². The maximum atomic E-state index is 13.7. The number of aryl methyl sites for hydroxylation is 1. The SMILES string of the molecule is COc1cccc2cc(C(=O)C3=C(O)C(=O)N(CCc4ccc(Cl)cc4)C3c3sccc3C)oc12. The molecule has 35 heavy (non-hydrogen) atoms. The predicted molar refractivity (Wildman–Crippen MR) is 135 cm³/mol. The Labute approximate surface area is 211 Å². The average Bonchev–Trinajstić information content (AvgIpc) is 3.55. The minimum absolute atomic E-state index is 0.0229. The molecule has 3 heterocycles. The molecule has 0 fully saturated rings. The lowest BCUT2D eigenvalue weighted by molar-refractivity contribution is -0.129. The summed E-state index contributed by atoms with van der Waals surface area (Å²) >= 11 is 7.44. The Morgan fingerprint density at radius 1 is 1.20 bits per heavy atom. The smallest absolute Gasteiger partial charge is 0.290 e. The van der Waals surface area contributed by atoms with E-state index in [4.69, 9.17) is 20.8 Å². The van der Waals surface area contributed by atoms with Gasteiger partial charge in [-0.15, -0.1) is 11.3 Å². The Kier molecular flexibility index (Phi) is 6.13.